The molecule has 46 valence electrons. The molecule has 0 aromatic carbocycles. The van der Waals surface area contributed by atoms with E-state index >= 15 is 0 Å². The van der Waals surface area contributed by atoms with E-state index in [0.717, 1.165) is 0 Å². The van der Waals surface area contributed by atoms with Crippen LogP contribution in [-0.2, 0) is 0 Å². The second-order valence-corrected chi connectivity index (χ2v) is 1.79. The van der Waals surface area contributed by atoms with Crippen LogP contribution in [0, 0.1) is 0 Å². The van der Waals surface area contributed by atoms with Gasteiger partial charge in [0.1, 0.15) is 0 Å². The van der Waals surface area contributed by atoms with Gasteiger partial charge in [-0.05, 0) is 0 Å². The van der Waals surface area contributed by atoms with Crippen LogP contribution in [0.1, 0.15) is 0 Å². The first-order chi connectivity index (χ1) is 3.83. The first-order valence-electron chi connectivity index (χ1n) is 2.57. The molecule has 2 amide bonds. The first kappa shape index (κ1) is 5.37. The van der Waals surface area contributed by atoms with Crippen molar-refractivity contribution in [2.24, 2.45) is 5.73 Å². The second kappa shape index (κ2) is 2.00. The number of urea groups is 1. The summed E-state index contributed by atoms with van der Waals surface area (Å²) in [6.45, 7) is 1.17. The lowest BCUT2D eigenvalue weighted by molar-refractivity contribution is 0.247. The summed E-state index contributed by atoms with van der Waals surface area (Å²) in [7, 11) is 0. The Bertz CT molecular complexity index is 103. The van der Waals surface area contributed by atoms with Crippen molar-refractivity contribution >= 4 is 6.03 Å². The molecular formula is C4H9N3O. The van der Waals surface area contributed by atoms with Gasteiger partial charge in [-0.2, -0.15) is 0 Å². The SMILES string of the molecule is NCC1CNC(=O)N1. The fourth-order valence-corrected chi connectivity index (χ4v) is 0.646. The monoisotopic (exact) mass is 115 g/mol. The van der Waals surface area contributed by atoms with Crippen molar-refractivity contribution in [3.63, 3.8) is 0 Å². The zero-order valence-corrected chi connectivity index (χ0v) is 4.48. The zero-order valence-electron chi connectivity index (χ0n) is 4.48. The van der Waals surface area contributed by atoms with E-state index in [4.69, 9.17) is 5.73 Å². The molecule has 0 radical (unpaired) electrons. The van der Waals surface area contributed by atoms with Gasteiger partial charge < -0.3 is 16.4 Å². The topological polar surface area (TPSA) is 67.1 Å². The summed E-state index contributed by atoms with van der Waals surface area (Å²) in [5, 5.41) is 5.22. The third-order valence-corrected chi connectivity index (χ3v) is 1.13. The molecule has 1 saturated heterocycles. The highest BCUT2D eigenvalue weighted by molar-refractivity contribution is 5.76. The van der Waals surface area contributed by atoms with E-state index in [1.807, 2.05) is 0 Å². The zero-order chi connectivity index (χ0) is 5.98. The number of hydrogen-bond acceptors (Lipinski definition) is 2. The molecule has 0 spiro atoms. The predicted molar refractivity (Wildman–Crippen MR) is 29.4 cm³/mol. The summed E-state index contributed by atoms with van der Waals surface area (Å²) in [6, 6.07) is 0.0305. The van der Waals surface area contributed by atoms with Gasteiger partial charge in [0.2, 0.25) is 0 Å². The van der Waals surface area contributed by atoms with Crippen LogP contribution in [0.4, 0.5) is 4.79 Å². The number of carbonyl (C=O) groups is 1. The standard InChI is InChI=1S/C4H9N3O/c5-1-3-2-6-4(8)7-3/h3H,1-2,5H2,(H2,6,7,8). The number of hydrogen-bond donors (Lipinski definition) is 3. The van der Waals surface area contributed by atoms with Crippen molar-refractivity contribution in [3.05, 3.63) is 0 Å². The highest BCUT2D eigenvalue weighted by atomic mass is 16.2. The van der Waals surface area contributed by atoms with E-state index in [2.05, 4.69) is 10.6 Å². The van der Waals surface area contributed by atoms with Crippen molar-refractivity contribution in [1.82, 2.24) is 10.6 Å². The number of nitrogens with one attached hydrogen (secondary N) is 2. The minimum absolute atomic E-state index is 0.111. The Morgan fingerprint density at radius 3 is 2.88 bits per heavy atom. The smallest absolute Gasteiger partial charge is 0.315 e. The largest absolute Gasteiger partial charge is 0.336 e. The van der Waals surface area contributed by atoms with Crippen molar-refractivity contribution in [2.45, 2.75) is 6.04 Å². The van der Waals surface area contributed by atoms with Gasteiger partial charge in [0, 0.05) is 13.1 Å². The third kappa shape index (κ3) is 0.894. The molecule has 1 heterocycles. The van der Waals surface area contributed by atoms with Crippen molar-refractivity contribution in [1.29, 1.82) is 0 Å². The molecule has 8 heavy (non-hydrogen) atoms. The van der Waals surface area contributed by atoms with Gasteiger partial charge >= 0.3 is 6.03 Å². The number of rotatable bonds is 1. The molecule has 0 bridgehead atoms. The molecule has 0 saturated carbocycles. The molecule has 1 aliphatic heterocycles. The Kier molecular flexibility index (Phi) is 1.34. The maximum absolute atomic E-state index is 10.3. The molecule has 0 aromatic rings. The van der Waals surface area contributed by atoms with Crippen molar-refractivity contribution < 1.29 is 4.79 Å². The summed E-state index contributed by atoms with van der Waals surface area (Å²) in [5.41, 5.74) is 5.24. The van der Waals surface area contributed by atoms with Crippen molar-refractivity contribution in [2.75, 3.05) is 13.1 Å². The average molecular weight is 115 g/mol. The lowest BCUT2D eigenvalue weighted by atomic mass is 10.3. The van der Waals surface area contributed by atoms with Crippen LogP contribution in [0.2, 0.25) is 0 Å². The van der Waals surface area contributed by atoms with Crippen LogP contribution in [0.5, 0.6) is 0 Å². The highest BCUT2D eigenvalue weighted by Gasteiger charge is 2.16. The minimum atomic E-state index is -0.111. The highest BCUT2D eigenvalue weighted by Crippen LogP contribution is 1.84. The van der Waals surface area contributed by atoms with Gasteiger partial charge in [-0.15, -0.1) is 0 Å². The van der Waals surface area contributed by atoms with Crippen LogP contribution < -0.4 is 16.4 Å². The lowest BCUT2D eigenvalue weighted by Crippen LogP contribution is -2.33. The van der Waals surface area contributed by atoms with Crippen LogP contribution in [0.25, 0.3) is 0 Å². The van der Waals surface area contributed by atoms with Crippen LogP contribution in [0.3, 0.4) is 0 Å². The van der Waals surface area contributed by atoms with Crippen molar-refractivity contribution in [3.8, 4) is 0 Å². The lowest BCUT2D eigenvalue weighted by Gasteiger charge is -2.00. The Balaban J connectivity index is 2.32. The van der Waals surface area contributed by atoms with Crippen LogP contribution in [-0.4, -0.2) is 25.2 Å². The Morgan fingerprint density at radius 2 is 2.62 bits per heavy atom. The summed E-state index contributed by atoms with van der Waals surface area (Å²) in [6.07, 6.45) is 0. The first-order valence-corrected chi connectivity index (χ1v) is 2.57. The summed E-state index contributed by atoms with van der Waals surface area (Å²) < 4.78 is 0. The molecule has 1 rings (SSSR count). The molecule has 1 aliphatic rings. The second-order valence-electron chi connectivity index (χ2n) is 1.79. The molecule has 1 unspecified atom stereocenters. The maximum Gasteiger partial charge on any atom is 0.315 e. The van der Waals surface area contributed by atoms with E-state index in [0.29, 0.717) is 13.1 Å². The van der Waals surface area contributed by atoms with E-state index in [-0.39, 0.29) is 12.1 Å². The molecular weight excluding hydrogens is 106 g/mol. The summed E-state index contributed by atoms with van der Waals surface area (Å²) in [4.78, 5) is 10.3. The van der Waals surface area contributed by atoms with Gasteiger partial charge in [0.05, 0.1) is 6.04 Å². The van der Waals surface area contributed by atoms with Gasteiger partial charge in [0.15, 0.2) is 0 Å². The molecule has 1 fully saturated rings. The maximum atomic E-state index is 10.3. The molecule has 0 aromatic heterocycles. The van der Waals surface area contributed by atoms with E-state index in [9.17, 15) is 4.79 Å². The fraction of sp³-hybridized carbons (Fsp3) is 0.750. The predicted octanol–water partition coefficient (Wildman–Crippen LogP) is -1.37. The van der Waals surface area contributed by atoms with Gasteiger partial charge in [-0.25, -0.2) is 4.79 Å². The summed E-state index contributed by atoms with van der Waals surface area (Å²) >= 11 is 0. The Morgan fingerprint density at radius 1 is 1.88 bits per heavy atom. The normalized spacial score (nSPS) is 27.1. The van der Waals surface area contributed by atoms with E-state index < -0.39 is 0 Å². The average Bonchev–Trinajstić information content (AvgIpc) is 2.14. The van der Waals surface area contributed by atoms with Gasteiger partial charge in [0.25, 0.3) is 0 Å². The minimum Gasteiger partial charge on any atom is -0.336 e. The summed E-state index contributed by atoms with van der Waals surface area (Å²) in [5.74, 6) is 0. The molecule has 1 atom stereocenters. The van der Waals surface area contributed by atoms with Crippen LogP contribution >= 0.6 is 0 Å². The van der Waals surface area contributed by atoms with E-state index in [1.54, 1.807) is 0 Å². The number of nitrogens with two attached hydrogens (primary N) is 1. The fourth-order valence-electron chi connectivity index (χ4n) is 0.646. The Labute approximate surface area is 47.4 Å². The number of amides is 2. The Hall–Kier alpha value is -0.770. The van der Waals surface area contributed by atoms with E-state index in [1.165, 1.54) is 0 Å². The molecule has 4 heteroatoms. The molecule has 4 N–H and O–H groups in total. The van der Waals surface area contributed by atoms with Crippen LogP contribution in [0.15, 0.2) is 0 Å². The quantitative estimate of drug-likeness (QED) is 0.394. The third-order valence-electron chi connectivity index (χ3n) is 1.13. The molecule has 0 aliphatic carbocycles. The van der Waals surface area contributed by atoms with Gasteiger partial charge in [-0.1, -0.05) is 0 Å². The molecule has 4 nitrogen and oxygen atoms in total. The number of carbonyl (C=O) groups excluding carboxylic acids is 1. The van der Waals surface area contributed by atoms with Gasteiger partial charge in [-0.3, -0.25) is 0 Å².